The van der Waals surface area contributed by atoms with Crippen LogP contribution in [0.4, 0.5) is 0 Å². The molecular formula is C15H25N3S. The normalized spacial score (nSPS) is 26.6. The maximum atomic E-state index is 4.52. The number of aryl methyl sites for hydroxylation is 2. The molecule has 0 amide bonds. The summed E-state index contributed by atoms with van der Waals surface area (Å²) in [5, 5.41) is 1.20. The molecule has 2 aliphatic rings. The number of likely N-dealkylation sites (tertiary alicyclic amines) is 2. The second-order valence-electron chi connectivity index (χ2n) is 6.17. The lowest BCUT2D eigenvalue weighted by atomic mass is 9.97. The molecule has 2 saturated heterocycles. The van der Waals surface area contributed by atoms with Crippen LogP contribution in [0.3, 0.4) is 0 Å². The van der Waals surface area contributed by atoms with Gasteiger partial charge in [-0.3, -0.25) is 9.80 Å². The zero-order valence-corrected chi connectivity index (χ0v) is 13.2. The summed E-state index contributed by atoms with van der Waals surface area (Å²) >= 11 is 1.86. The molecule has 3 nitrogen and oxygen atoms in total. The summed E-state index contributed by atoms with van der Waals surface area (Å²) in [4.78, 5) is 11.3. The fraction of sp³-hybridized carbons (Fsp3) is 0.800. The SMILES string of the molecule is Cc1nc(C)c(CN2CC(N3CCCCC3C)C2)s1. The van der Waals surface area contributed by atoms with Crippen molar-refractivity contribution in [1.29, 1.82) is 0 Å². The second-order valence-corrected chi connectivity index (χ2v) is 7.46. The van der Waals surface area contributed by atoms with E-state index in [0.717, 1.165) is 18.6 Å². The molecule has 0 N–H and O–H groups in total. The summed E-state index contributed by atoms with van der Waals surface area (Å²) in [6, 6.07) is 1.61. The van der Waals surface area contributed by atoms with E-state index in [-0.39, 0.29) is 0 Å². The number of aromatic nitrogens is 1. The van der Waals surface area contributed by atoms with Crippen molar-refractivity contribution in [2.24, 2.45) is 0 Å². The average molecular weight is 279 g/mol. The van der Waals surface area contributed by atoms with Gasteiger partial charge in [0.15, 0.2) is 0 Å². The van der Waals surface area contributed by atoms with Crippen LogP contribution in [-0.4, -0.2) is 46.5 Å². The highest BCUT2D eigenvalue weighted by Crippen LogP contribution is 2.27. The minimum absolute atomic E-state index is 0.799. The number of nitrogens with zero attached hydrogens (tertiary/aromatic N) is 3. The Bertz CT molecular complexity index is 437. The molecule has 0 saturated carbocycles. The van der Waals surface area contributed by atoms with Gasteiger partial charge in [-0.25, -0.2) is 4.98 Å². The lowest BCUT2D eigenvalue weighted by Gasteiger charge is -2.49. The molecular weight excluding hydrogens is 254 g/mol. The Morgan fingerprint density at radius 2 is 2.05 bits per heavy atom. The minimum Gasteiger partial charge on any atom is -0.295 e. The number of rotatable bonds is 3. The van der Waals surface area contributed by atoms with E-state index in [0.29, 0.717) is 0 Å². The summed E-state index contributed by atoms with van der Waals surface area (Å²) in [6.07, 6.45) is 4.21. The molecule has 2 aliphatic heterocycles. The van der Waals surface area contributed by atoms with Crippen LogP contribution >= 0.6 is 11.3 Å². The van der Waals surface area contributed by atoms with Gasteiger partial charge in [0.05, 0.1) is 10.7 Å². The lowest BCUT2D eigenvalue weighted by Crippen LogP contribution is -2.61. The van der Waals surface area contributed by atoms with Crippen LogP contribution < -0.4 is 0 Å². The fourth-order valence-corrected chi connectivity index (χ4v) is 4.45. The van der Waals surface area contributed by atoms with Gasteiger partial charge in [-0.1, -0.05) is 6.42 Å². The molecule has 3 heterocycles. The van der Waals surface area contributed by atoms with Gasteiger partial charge in [0.25, 0.3) is 0 Å². The van der Waals surface area contributed by atoms with Gasteiger partial charge in [0.2, 0.25) is 0 Å². The highest BCUT2D eigenvalue weighted by molar-refractivity contribution is 7.11. The summed E-state index contributed by atoms with van der Waals surface area (Å²) < 4.78 is 0. The smallest absolute Gasteiger partial charge is 0.0900 e. The standard InChI is InChI=1S/C15H25N3S/c1-11-6-4-5-7-18(11)14-8-17(9-14)10-15-12(2)16-13(3)19-15/h11,14H,4-10H2,1-3H3. The van der Waals surface area contributed by atoms with Gasteiger partial charge in [-0.15, -0.1) is 11.3 Å². The number of piperidine rings is 1. The third kappa shape index (κ3) is 2.86. The lowest BCUT2D eigenvalue weighted by molar-refractivity contribution is -0.00584. The van der Waals surface area contributed by atoms with Crippen molar-refractivity contribution >= 4 is 11.3 Å². The van der Waals surface area contributed by atoms with Crippen LogP contribution in [0.2, 0.25) is 0 Å². The van der Waals surface area contributed by atoms with Crippen molar-refractivity contribution in [2.75, 3.05) is 19.6 Å². The molecule has 2 fully saturated rings. The largest absolute Gasteiger partial charge is 0.295 e. The van der Waals surface area contributed by atoms with E-state index in [9.17, 15) is 0 Å². The maximum Gasteiger partial charge on any atom is 0.0900 e. The number of hydrogen-bond acceptors (Lipinski definition) is 4. The molecule has 0 spiro atoms. The Hall–Kier alpha value is -0.450. The van der Waals surface area contributed by atoms with Crippen molar-refractivity contribution in [3.8, 4) is 0 Å². The zero-order chi connectivity index (χ0) is 13.4. The Morgan fingerprint density at radius 3 is 2.68 bits per heavy atom. The van der Waals surface area contributed by atoms with Crippen LogP contribution in [0.25, 0.3) is 0 Å². The molecule has 106 valence electrons. The molecule has 1 aromatic heterocycles. The topological polar surface area (TPSA) is 19.4 Å². The first-order chi connectivity index (χ1) is 9.13. The number of thiazole rings is 1. The van der Waals surface area contributed by atoms with Crippen LogP contribution in [0, 0.1) is 13.8 Å². The first-order valence-corrected chi connectivity index (χ1v) is 8.36. The van der Waals surface area contributed by atoms with E-state index in [1.807, 2.05) is 11.3 Å². The van der Waals surface area contributed by atoms with Crippen molar-refractivity contribution in [1.82, 2.24) is 14.8 Å². The maximum absolute atomic E-state index is 4.52. The predicted octanol–water partition coefficient (Wildman–Crippen LogP) is 2.82. The van der Waals surface area contributed by atoms with Crippen molar-refractivity contribution < 1.29 is 0 Å². The summed E-state index contributed by atoms with van der Waals surface area (Å²) in [7, 11) is 0. The molecule has 1 aromatic rings. The molecule has 19 heavy (non-hydrogen) atoms. The average Bonchev–Trinajstić information content (AvgIpc) is 2.63. The highest BCUT2D eigenvalue weighted by atomic mass is 32.1. The van der Waals surface area contributed by atoms with Gasteiger partial charge in [0, 0.05) is 36.6 Å². The molecule has 1 atom stereocenters. The first-order valence-electron chi connectivity index (χ1n) is 7.54. The zero-order valence-electron chi connectivity index (χ0n) is 12.4. The van der Waals surface area contributed by atoms with Crippen molar-refractivity contribution in [3.05, 3.63) is 15.6 Å². The third-order valence-corrected chi connectivity index (χ3v) is 5.69. The van der Waals surface area contributed by atoms with E-state index in [1.165, 1.54) is 54.5 Å². The summed E-state index contributed by atoms with van der Waals surface area (Å²) in [6.45, 7) is 11.6. The van der Waals surface area contributed by atoms with Crippen LogP contribution in [-0.2, 0) is 6.54 Å². The third-order valence-electron chi connectivity index (χ3n) is 4.63. The molecule has 0 radical (unpaired) electrons. The summed E-state index contributed by atoms with van der Waals surface area (Å²) in [5.41, 5.74) is 1.23. The molecule has 0 aromatic carbocycles. The van der Waals surface area contributed by atoms with E-state index in [4.69, 9.17) is 0 Å². The van der Waals surface area contributed by atoms with E-state index in [1.54, 1.807) is 0 Å². The molecule has 3 rings (SSSR count). The van der Waals surface area contributed by atoms with Crippen molar-refractivity contribution in [3.63, 3.8) is 0 Å². The fourth-order valence-electron chi connectivity index (χ4n) is 3.47. The molecule has 4 heteroatoms. The highest BCUT2D eigenvalue weighted by Gasteiger charge is 2.35. The van der Waals surface area contributed by atoms with Gasteiger partial charge in [-0.05, 0) is 40.2 Å². The van der Waals surface area contributed by atoms with Gasteiger partial charge in [-0.2, -0.15) is 0 Å². The number of hydrogen-bond donors (Lipinski definition) is 0. The Morgan fingerprint density at radius 1 is 1.26 bits per heavy atom. The monoisotopic (exact) mass is 279 g/mol. The van der Waals surface area contributed by atoms with Gasteiger partial charge >= 0.3 is 0 Å². The Balaban J connectivity index is 1.51. The van der Waals surface area contributed by atoms with Crippen molar-refractivity contribution in [2.45, 2.75) is 58.7 Å². The Kier molecular flexibility index (Phi) is 3.92. The quantitative estimate of drug-likeness (QED) is 0.848. The van der Waals surface area contributed by atoms with E-state index < -0.39 is 0 Å². The van der Waals surface area contributed by atoms with E-state index >= 15 is 0 Å². The molecule has 0 aliphatic carbocycles. The Labute approximate surface area is 120 Å². The predicted molar refractivity (Wildman–Crippen MR) is 80.7 cm³/mol. The van der Waals surface area contributed by atoms with Crippen LogP contribution in [0.15, 0.2) is 0 Å². The summed E-state index contributed by atoms with van der Waals surface area (Å²) in [5.74, 6) is 0. The van der Waals surface area contributed by atoms with Gasteiger partial charge in [0.1, 0.15) is 0 Å². The first kappa shape index (κ1) is 13.5. The van der Waals surface area contributed by atoms with Crippen LogP contribution in [0.1, 0.15) is 41.8 Å². The molecule has 1 unspecified atom stereocenters. The minimum atomic E-state index is 0.799. The van der Waals surface area contributed by atoms with E-state index in [2.05, 4.69) is 35.6 Å². The molecule has 0 bridgehead atoms. The van der Waals surface area contributed by atoms with Crippen LogP contribution in [0.5, 0.6) is 0 Å². The van der Waals surface area contributed by atoms with Gasteiger partial charge < -0.3 is 0 Å². The second kappa shape index (κ2) is 5.51.